The zero-order valence-corrected chi connectivity index (χ0v) is 29.8. The van der Waals surface area contributed by atoms with Gasteiger partial charge in [0.1, 0.15) is 0 Å². The van der Waals surface area contributed by atoms with Crippen LogP contribution in [0.2, 0.25) is 0 Å². The molecule has 0 spiro atoms. The molecule has 0 fully saturated rings. The molecule has 0 unspecified atom stereocenters. The van der Waals surface area contributed by atoms with Crippen molar-refractivity contribution < 1.29 is 0 Å². The Morgan fingerprint density at radius 2 is 0.426 bits per heavy atom. The monoisotopic (exact) mass is 684 g/mol. The van der Waals surface area contributed by atoms with E-state index in [0.29, 0.717) is 0 Å². The van der Waals surface area contributed by atoms with Crippen molar-refractivity contribution in [3.63, 3.8) is 0 Å². The fraction of sp³-hybridized carbons (Fsp3) is 0. The van der Waals surface area contributed by atoms with E-state index in [4.69, 9.17) is 0 Å². The predicted molar refractivity (Wildman–Crippen MR) is 232 cm³/mol. The van der Waals surface area contributed by atoms with Crippen LogP contribution < -0.4 is 0 Å². The van der Waals surface area contributed by atoms with Crippen LogP contribution in [0.15, 0.2) is 218 Å². The summed E-state index contributed by atoms with van der Waals surface area (Å²) < 4.78 is 0. The number of rotatable bonds is 6. The summed E-state index contributed by atoms with van der Waals surface area (Å²) in [7, 11) is 0. The first-order valence-electron chi connectivity index (χ1n) is 18.7. The van der Waals surface area contributed by atoms with Crippen LogP contribution >= 0.6 is 0 Å². The molecule has 0 saturated heterocycles. The Morgan fingerprint density at radius 3 is 0.815 bits per heavy atom. The van der Waals surface area contributed by atoms with Gasteiger partial charge in [0.2, 0.25) is 0 Å². The molecule has 0 saturated carbocycles. The molecule has 10 aromatic rings. The lowest BCUT2D eigenvalue weighted by atomic mass is 9.85. The highest BCUT2D eigenvalue weighted by atomic mass is 14.2. The van der Waals surface area contributed by atoms with Crippen LogP contribution in [0.3, 0.4) is 0 Å². The second kappa shape index (κ2) is 13.5. The molecule has 0 heterocycles. The quantitative estimate of drug-likeness (QED) is 0.153. The molecule has 0 radical (unpaired) electrons. The molecule has 10 aromatic carbocycles. The third-order valence-electron chi connectivity index (χ3n) is 10.8. The van der Waals surface area contributed by atoms with E-state index in [1.807, 2.05) is 0 Å². The molecule has 0 amide bonds. The molecule has 10 rings (SSSR count). The van der Waals surface area contributed by atoms with Gasteiger partial charge in [0.15, 0.2) is 0 Å². The van der Waals surface area contributed by atoms with Gasteiger partial charge >= 0.3 is 0 Å². The summed E-state index contributed by atoms with van der Waals surface area (Å²) in [4.78, 5) is 0. The second-order valence-electron chi connectivity index (χ2n) is 14.1. The molecule has 0 aliphatic rings. The topological polar surface area (TPSA) is 0 Å². The Labute approximate surface area is 316 Å². The molecular weight excluding hydrogens is 649 g/mol. The Kier molecular flexibility index (Phi) is 7.93. The highest BCUT2D eigenvalue weighted by Gasteiger charge is 2.17. The van der Waals surface area contributed by atoms with Crippen LogP contribution in [-0.4, -0.2) is 0 Å². The Bertz CT molecular complexity index is 2770. The maximum atomic E-state index is 2.36. The van der Waals surface area contributed by atoms with Crippen molar-refractivity contribution in [3.8, 4) is 66.8 Å². The van der Waals surface area contributed by atoms with Gasteiger partial charge in [-0.2, -0.15) is 0 Å². The van der Waals surface area contributed by atoms with Crippen LogP contribution in [0.4, 0.5) is 0 Å². The molecule has 54 heavy (non-hydrogen) atoms. The van der Waals surface area contributed by atoms with Gasteiger partial charge in [-0.15, -0.1) is 0 Å². The van der Waals surface area contributed by atoms with Crippen molar-refractivity contribution in [1.82, 2.24) is 0 Å². The Hall–Kier alpha value is -7.02. The second-order valence-corrected chi connectivity index (χ2v) is 14.1. The summed E-state index contributed by atoms with van der Waals surface area (Å²) in [5, 5.41) is 7.66. The fourth-order valence-electron chi connectivity index (χ4n) is 8.28. The van der Waals surface area contributed by atoms with E-state index in [1.54, 1.807) is 0 Å². The molecule has 0 atom stereocenters. The summed E-state index contributed by atoms with van der Waals surface area (Å²) in [6.45, 7) is 0. The number of benzene rings is 10. The zero-order valence-electron chi connectivity index (χ0n) is 29.8. The van der Waals surface area contributed by atoms with Gasteiger partial charge in [-0.3, -0.25) is 0 Å². The maximum absolute atomic E-state index is 2.36. The van der Waals surface area contributed by atoms with E-state index >= 15 is 0 Å². The molecule has 0 aliphatic heterocycles. The van der Waals surface area contributed by atoms with Crippen LogP contribution in [0.5, 0.6) is 0 Å². The number of hydrogen-bond donors (Lipinski definition) is 0. The molecular formula is C54H36. The zero-order chi connectivity index (χ0) is 35.8. The lowest BCUT2D eigenvalue weighted by Crippen LogP contribution is -1.91. The molecule has 0 heteroatoms. The van der Waals surface area contributed by atoms with Crippen molar-refractivity contribution in [2.45, 2.75) is 0 Å². The number of hydrogen-bond acceptors (Lipinski definition) is 0. The van der Waals surface area contributed by atoms with Gasteiger partial charge in [-0.05, 0) is 123 Å². The van der Waals surface area contributed by atoms with E-state index in [0.717, 1.165) is 0 Å². The summed E-state index contributed by atoms with van der Waals surface area (Å²) in [5.74, 6) is 0. The molecule has 0 nitrogen and oxygen atoms in total. The average molecular weight is 685 g/mol. The summed E-state index contributed by atoms with van der Waals surface area (Å²) in [6, 6.07) is 79.7. The Morgan fingerprint density at radius 1 is 0.167 bits per heavy atom. The van der Waals surface area contributed by atoms with E-state index in [9.17, 15) is 0 Å². The van der Waals surface area contributed by atoms with Crippen LogP contribution in [0.1, 0.15) is 0 Å². The molecule has 0 aromatic heterocycles. The van der Waals surface area contributed by atoms with Gasteiger partial charge in [-0.25, -0.2) is 0 Å². The maximum Gasteiger partial charge on any atom is -0.00141 e. The first-order valence-corrected chi connectivity index (χ1v) is 18.7. The van der Waals surface area contributed by atoms with Gasteiger partial charge in [0, 0.05) is 0 Å². The SMILES string of the molecule is c1ccc(-c2cccc(-c3cccc(-c4cccc5c6ccccc6c6cccc(-c7cccc(-c8cccc(-c9ccccc9)c8)c7)c6c45)c3)c2)cc1. The highest BCUT2D eigenvalue weighted by Crippen LogP contribution is 2.45. The minimum absolute atomic E-state index is 1.21. The molecule has 0 N–H and O–H groups in total. The van der Waals surface area contributed by atoms with Gasteiger partial charge in [0.05, 0.1) is 0 Å². The van der Waals surface area contributed by atoms with E-state index in [1.165, 1.54) is 99.1 Å². The van der Waals surface area contributed by atoms with Crippen LogP contribution in [-0.2, 0) is 0 Å². The third-order valence-corrected chi connectivity index (χ3v) is 10.8. The van der Waals surface area contributed by atoms with E-state index < -0.39 is 0 Å². The van der Waals surface area contributed by atoms with Crippen molar-refractivity contribution in [1.29, 1.82) is 0 Å². The minimum atomic E-state index is 1.21. The van der Waals surface area contributed by atoms with Crippen molar-refractivity contribution >= 4 is 32.3 Å². The van der Waals surface area contributed by atoms with E-state index in [-0.39, 0.29) is 0 Å². The lowest BCUT2D eigenvalue weighted by molar-refractivity contribution is 1.58. The third kappa shape index (κ3) is 5.66. The average Bonchev–Trinajstić information content (AvgIpc) is 3.27. The molecule has 0 aliphatic carbocycles. The highest BCUT2D eigenvalue weighted by molar-refractivity contribution is 6.31. The lowest BCUT2D eigenvalue weighted by Gasteiger charge is -2.18. The van der Waals surface area contributed by atoms with E-state index in [2.05, 4.69) is 218 Å². The minimum Gasteiger partial charge on any atom is -0.0622 e. The Balaban J connectivity index is 1.17. The van der Waals surface area contributed by atoms with Crippen LogP contribution in [0.25, 0.3) is 99.1 Å². The van der Waals surface area contributed by atoms with Gasteiger partial charge in [-0.1, -0.05) is 194 Å². The summed E-state index contributed by atoms with van der Waals surface area (Å²) >= 11 is 0. The first kappa shape index (κ1) is 31.7. The fourth-order valence-corrected chi connectivity index (χ4v) is 8.28. The standard InChI is InChI=1S/C54H36/c1-3-15-37(16-4-1)39-19-9-21-41(33-39)43-23-11-25-45(35-43)47-29-13-31-51-49-27-7-8-28-50(49)52-32-14-30-48(54(52)53(47)51)46-26-12-24-44(36-46)42-22-10-20-40(34-42)38-17-5-2-6-18-38/h1-36H. The number of fused-ring (bicyclic) bond motifs is 6. The van der Waals surface area contributed by atoms with Crippen molar-refractivity contribution in [3.05, 3.63) is 218 Å². The van der Waals surface area contributed by atoms with Gasteiger partial charge < -0.3 is 0 Å². The smallest absolute Gasteiger partial charge is 0.00141 e. The molecule has 0 bridgehead atoms. The summed E-state index contributed by atoms with van der Waals surface area (Å²) in [6.07, 6.45) is 0. The van der Waals surface area contributed by atoms with Crippen molar-refractivity contribution in [2.24, 2.45) is 0 Å². The van der Waals surface area contributed by atoms with Crippen LogP contribution in [0, 0.1) is 0 Å². The molecule has 252 valence electrons. The first-order chi connectivity index (χ1) is 26.8. The largest absolute Gasteiger partial charge is 0.0622 e. The van der Waals surface area contributed by atoms with Crippen molar-refractivity contribution in [2.75, 3.05) is 0 Å². The van der Waals surface area contributed by atoms with Gasteiger partial charge in [0.25, 0.3) is 0 Å². The summed E-state index contributed by atoms with van der Waals surface area (Å²) in [5.41, 5.74) is 14.6. The predicted octanol–water partition coefficient (Wildman–Crippen LogP) is 15.1. The normalized spacial score (nSPS) is 11.3.